The van der Waals surface area contributed by atoms with Crippen molar-refractivity contribution in [2.45, 2.75) is 53.4 Å². The number of aryl methyl sites for hydroxylation is 1. The Hall–Kier alpha value is -1.02. The van der Waals surface area contributed by atoms with Gasteiger partial charge >= 0.3 is 0 Å². The van der Waals surface area contributed by atoms with Crippen LogP contribution in [0.5, 0.6) is 5.75 Å². The highest BCUT2D eigenvalue weighted by atomic mass is 16.5. The monoisotopic (exact) mass is 289 g/mol. The van der Waals surface area contributed by atoms with E-state index in [0.717, 1.165) is 37.8 Å². The zero-order valence-corrected chi connectivity index (χ0v) is 14.2. The lowest BCUT2D eigenvalue weighted by Crippen LogP contribution is -2.25. The zero-order valence-electron chi connectivity index (χ0n) is 14.2. The molecule has 2 nitrogen and oxygen atoms in total. The lowest BCUT2D eigenvalue weighted by molar-refractivity contribution is 0.300. The Kier molecular flexibility index (Phi) is 5.69. The fraction of sp³-hybridized carbons (Fsp3) is 0.684. The third kappa shape index (κ3) is 5.35. The maximum Gasteiger partial charge on any atom is 0.122 e. The topological polar surface area (TPSA) is 21.3 Å². The van der Waals surface area contributed by atoms with Crippen LogP contribution < -0.4 is 10.1 Å². The summed E-state index contributed by atoms with van der Waals surface area (Å²) >= 11 is 0. The number of ether oxygens (including phenoxy) is 1. The van der Waals surface area contributed by atoms with Gasteiger partial charge < -0.3 is 10.1 Å². The molecule has 118 valence electrons. The van der Waals surface area contributed by atoms with E-state index in [2.05, 4.69) is 51.2 Å². The molecule has 0 spiro atoms. The summed E-state index contributed by atoms with van der Waals surface area (Å²) in [6.07, 6.45) is 4.74. The van der Waals surface area contributed by atoms with Gasteiger partial charge in [0.2, 0.25) is 0 Å². The van der Waals surface area contributed by atoms with Gasteiger partial charge in [0.05, 0.1) is 6.61 Å². The summed E-state index contributed by atoms with van der Waals surface area (Å²) in [6, 6.07) is 6.72. The molecule has 0 amide bonds. The summed E-state index contributed by atoms with van der Waals surface area (Å²) < 4.78 is 5.58. The minimum atomic E-state index is 0.402. The van der Waals surface area contributed by atoms with E-state index in [1.54, 1.807) is 0 Å². The van der Waals surface area contributed by atoms with Gasteiger partial charge in [0.25, 0.3) is 0 Å². The summed E-state index contributed by atoms with van der Waals surface area (Å²) in [7, 11) is 0. The Bertz CT molecular complexity index is 451. The maximum absolute atomic E-state index is 5.58. The van der Waals surface area contributed by atoms with Gasteiger partial charge in [-0.05, 0) is 60.9 Å². The number of hydrogen-bond acceptors (Lipinski definition) is 2. The van der Waals surface area contributed by atoms with E-state index in [1.807, 2.05) is 0 Å². The Morgan fingerprint density at radius 3 is 2.81 bits per heavy atom. The highest BCUT2D eigenvalue weighted by Crippen LogP contribution is 2.30. The van der Waals surface area contributed by atoms with Crippen molar-refractivity contribution in [3.05, 3.63) is 29.3 Å². The fourth-order valence-corrected chi connectivity index (χ4v) is 2.82. The SMILES string of the molecule is CC(C)CNCCC(C)(C)CCc1ccc2c(c1)CCO2. The summed E-state index contributed by atoms with van der Waals surface area (Å²) in [5, 5.41) is 3.56. The molecule has 0 radical (unpaired) electrons. The number of fused-ring (bicyclic) bond motifs is 1. The molecule has 0 saturated carbocycles. The van der Waals surface area contributed by atoms with Crippen LogP contribution in [-0.2, 0) is 12.8 Å². The third-order valence-corrected chi connectivity index (χ3v) is 4.38. The van der Waals surface area contributed by atoms with Crippen LogP contribution in [0.1, 0.15) is 51.7 Å². The van der Waals surface area contributed by atoms with E-state index in [-0.39, 0.29) is 0 Å². The van der Waals surface area contributed by atoms with Crippen molar-refractivity contribution in [2.75, 3.05) is 19.7 Å². The molecule has 2 rings (SSSR count). The summed E-state index contributed by atoms with van der Waals surface area (Å²) in [6.45, 7) is 12.4. The van der Waals surface area contributed by atoms with Crippen molar-refractivity contribution in [3.8, 4) is 5.75 Å². The minimum Gasteiger partial charge on any atom is -0.493 e. The lowest BCUT2D eigenvalue weighted by Gasteiger charge is -2.25. The first kappa shape index (κ1) is 16.4. The van der Waals surface area contributed by atoms with Gasteiger partial charge in [0.15, 0.2) is 0 Å². The van der Waals surface area contributed by atoms with Crippen LogP contribution in [0.15, 0.2) is 18.2 Å². The van der Waals surface area contributed by atoms with Crippen LogP contribution in [0.3, 0.4) is 0 Å². The first-order valence-corrected chi connectivity index (χ1v) is 8.42. The summed E-state index contributed by atoms with van der Waals surface area (Å²) in [4.78, 5) is 0. The molecule has 0 atom stereocenters. The molecule has 0 bridgehead atoms. The van der Waals surface area contributed by atoms with Gasteiger partial charge in [-0.15, -0.1) is 0 Å². The number of benzene rings is 1. The molecule has 0 saturated heterocycles. The Morgan fingerprint density at radius 1 is 1.24 bits per heavy atom. The number of nitrogens with one attached hydrogen (secondary N) is 1. The average molecular weight is 289 g/mol. The van der Waals surface area contributed by atoms with Crippen molar-refractivity contribution in [1.82, 2.24) is 5.32 Å². The molecule has 0 aromatic heterocycles. The second-order valence-electron chi connectivity index (χ2n) is 7.55. The van der Waals surface area contributed by atoms with E-state index in [1.165, 1.54) is 30.4 Å². The predicted molar refractivity (Wildman–Crippen MR) is 90.1 cm³/mol. The van der Waals surface area contributed by atoms with Crippen LogP contribution in [0.4, 0.5) is 0 Å². The molecular weight excluding hydrogens is 258 g/mol. The molecule has 1 heterocycles. The molecule has 0 unspecified atom stereocenters. The van der Waals surface area contributed by atoms with Crippen LogP contribution in [-0.4, -0.2) is 19.7 Å². The molecule has 1 aromatic carbocycles. The normalized spacial score (nSPS) is 14.3. The Labute approximate surface area is 130 Å². The van der Waals surface area contributed by atoms with Gasteiger partial charge in [0.1, 0.15) is 5.75 Å². The fourth-order valence-electron chi connectivity index (χ4n) is 2.82. The van der Waals surface area contributed by atoms with Crippen molar-refractivity contribution in [2.24, 2.45) is 11.3 Å². The van der Waals surface area contributed by atoms with Crippen molar-refractivity contribution < 1.29 is 4.74 Å². The molecular formula is C19H31NO. The van der Waals surface area contributed by atoms with E-state index >= 15 is 0 Å². The Morgan fingerprint density at radius 2 is 2.05 bits per heavy atom. The standard InChI is InChI=1S/C19H31NO/c1-15(2)14-20-11-10-19(3,4)9-7-16-5-6-18-17(13-16)8-12-21-18/h5-6,13,15,20H,7-12,14H2,1-4H3. The van der Waals surface area contributed by atoms with Gasteiger partial charge in [-0.1, -0.05) is 39.8 Å². The first-order chi connectivity index (χ1) is 9.96. The van der Waals surface area contributed by atoms with Gasteiger partial charge in [-0.3, -0.25) is 0 Å². The predicted octanol–water partition coefficient (Wildman–Crippen LogP) is 4.22. The highest BCUT2D eigenvalue weighted by molar-refractivity contribution is 5.39. The molecule has 21 heavy (non-hydrogen) atoms. The Balaban J connectivity index is 1.75. The number of hydrogen-bond donors (Lipinski definition) is 1. The molecule has 1 aliphatic rings. The highest BCUT2D eigenvalue weighted by Gasteiger charge is 2.18. The quantitative estimate of drug-likeness (QED) is 0.724. The summed E-state index contributed by atoms with van der Waals surface area (Å²) in [5.41, 5.74) is 3.26. The summed E-state index contributed by atoms with van der Waals surface area (Å²) in [5.74, 6) is 1.83. The molecule has 1 N–H and O–H groups in total. The van der Waals surface area contributed by atoms with E-state index < -0.39 is 0 Å². The van der Waals surface area contributed by atoms with Crippen LogP contribution in [0.2, 0.25) is 0 Å². The van der Waals surface area contributed by atoms with E-state index in [9.17, 15) is 0 Å². The molecule has 2 heteroatoms. The second kappa shape index (κ2) is 7.31. The third-order valence-electron chi connectivity index (χ3n) is 4.38. The lowest BCUT2D eigenvalue weighted by atomic mass is 9.83. The molecule has 0 fully saturated rings. The van der Waals surface area contributed by atoms with E-state index in [0.29, 0.717) is 5.41 Å². The van der Waals surface area contributed by atoms with Crippen LogP contribution in [0.25, 0.3) is 0 Å². The molecule has 0 aliphatic carbocycles. The molecule has 1 aliphatic heterocycles. The zero-order chi connectivity index (χ0) is 15.3. The average Bonchev–Trinajstić information content (AvgIpc) is 2.89. The maximum atomic E-state index is 5.58. The van der Waals surface area contributed by atoms with Gasteiger partial charge in [-0.2, -0.15) is 0 Å². The van der Waals surface area contributed by atoms with Gasteiger partial charge in [-0.25, -0.2) is 0 Å². The first-order valence-electron chi connectivity index (χ1n) is 8.42. The molecule has 1 aromatic rings. The smallest absolute Gasteiger partial charge is 0.122 e. The van der Waals surface area contributed by atoms with Crippen molar-refractivity contribution >= 4 is 0 Å². The van der Waals surface area contributed by atoms with Gasteiger partial charge in [0, 0.05) is 6.42 Å². The minimum absolute atomic E-state index is 0.402. The second-order valence-corrected chi connectivity index (χ2v) is 7.55. The largest absolute Gasteiger partial charge is 0.493 e. The van der Waals surface area contributed by atoms with Crippen LogP contribution in [0, 0.1) is 11.3 Å². The van der Waals surface area contributed by atoms with Crippen molar-refractivity contribution in [1.29, 1.82) is 0 Å². The van der Waals surface area contributed by atoms with Crippen molar-refractivity contribution in [3.63, 3.8) is 0 Å². The van der Waals surface area contributed by atoms with E-state index in [4.69, 9.17) is 4.74 Å². The van der Waals surface area contributed by atoms with Crippen LogP contribution >= 0.6 is 0 Å². The number of rotatable bonds is 8.